The molecule has 0 unspecified atom stereocenters. The van der Waals surface area contributed by atoms with Crippen molar-refractivity contribution < 1.29 is 18.3 Å². The van der Waals surface area contributed by atoms with Crippen LogP contribution in [0.15, 0.2) is 48.5 Å². The standard InChI is InChI=1S/C16H16O4S/c1-12-6-8-13(9-7-12)10-21(19,20)11-14-4-2-3-5-15(14)16(17)18/h2-9H,10-11H2,1H3,(H,17,18). The zero-order chi connectivity index (χ0) is 15.5. The van der Waals surface area contributed by atoms with Crippen LogP contribution in [0, 0.1) is 6.92 Å². The molecule has 0 heterocycles. The van der Waals surface area contributed by atoms with Crippen LogP contribution < -0.4 is 0 Å². The number of carboxylic acids is 1. The molecule has 21 heavy (non-hydrogen) atoms. The van der Waals surface area contributed by atoms with Crippen LogP contribution in [0.25, 0.3) is 0 Å². The van der Waals surface area contributed by atoms with E-state index in [0.29, 0.717) is 11.1 Å². The summed E-state index contributed by atoms with van der Waals surface area (Å²) < 4.78 is 24.5. The van der Waals surface area contributed by atoms with Crippen LogP contribution in [0.3, 0.4) is 0 Å². The minimum Gasteiger partial charge on any atom is -0.478 e. The number of hydrogen-bond acceptors (Lipinski definition) is 3. The van der Waals surface area contributed by atoms with Gasteiger partial charge in [-0.15, -0.1) is 0 Å². The van der Waals surface area contributed by atoms with E-state index in [2.05, 4.69) is 0 Å². The number of aromatic carboxylic acids is 1. The van der Waals surface area contributed by atoms with Gasteiger partial charge in [-0.25, -0.2) is 13.2 Å². The zero-order valence-corrected chi connectivity index (χ0v) is 12.4. The maximum atomic E-state index is 12.2. The monoisotopic (exact) mass is 304 g/mol. The normalized spacial score (nSPS) is 11.3. The molecular weight excluding hydrogens is 288 g/mol. The Hall–Kier alpha value is -2.14. The predicted octanol–water partition coefficient (Wildman–Crippen LogP) is 2.81. The van der Waals surface area contributed by atoms with E-state index in [1.807, 2.05) is 19.1 Å². The first kappa shape index (κ1) is 15.3. The molecule has 110 valence electrons. The molecule has 0 fully saturated rings. The number of rotatable bonds is 5. The number of aryl methyl sites for hydroxylation is 1. The smallest absolute Gasteiger partial charge is 0.335 e. The topological polar surface area (TPSA) is 71.4 Å². The van der Waals surface area contributed by atoms with E-state index in [1.165, 1.54) is 12.1 Å². The summed E-state index contributed by atoms with van der Waals surface area (Å²) in [7, 11) is -3.42. The Morgan fingerprint density at radius 3 is 2.24 bits per heavy atom. The van der Waals surface area contributed by atoms with Gasteiger partial charge in [0, 0.05) is 0 Å². The molecule has 0 atom stereocenters. The van der Waals surface area contributed by atoms with Gasteiger partial charge >= 0.3 is 5.97 Å². The van der Waals surface area contributed by atoms with Crippen LogP contribution in [0.4, 0.5) is 0 Å². The van der Waals surface area contributed by atoms with Gasteiger partial charge in [-0.05, 0) is 24.1 Å². The van der Waals surface area contributed by atoms with Gasteiger partial charge in [0.2, 0.25) is 0 Å². The molecule has 2 aromatic carbocycles. The fourth-order valence-electron chi connectivity index (χ4n) is 2.08. The molecule has 0 aliphatic heterocycles. The third-order valence-electron chi connectivity index (χ3n) is 3.13. The molecule has 5 heteroatoms. The lowest BCUT2D eigenvalue weighted by atomic mass is 10.1. The Bertz CT molecular complexity index is 746. The number of carbonyl (C=O) groups is 1. The lowest BCUT2D eigenvalue weighted by Crippen LogP contribution is -2.11. The molecule has 0 aliphatic rings. The third-order valence-corrected chi connectivity index (χ3v) is 4.65. The number of carboxylic acid groups (broad SMARTS) is 1. The molecule has 0 aliphatic carbocycles. The molecule has 0 saturated heterocycles. The second-order valence-corrected chi connectivity index (χ2v) is 7.04. The Labute approximate surface area is 124 Å². The van der Waals surface area contributed by atoms with Gasteiger partial charge in [0.15, 0.2) is 9.84 Å². The second-order valence-electron chi connectivity index (χ2n) is 4.98. The highest BCUT2D eigenvalue weighted by atomic mass is 32.2. The van der Waals surface area contributed by atoms with Crippen LogP contribution >= 0.6 is 0 Å². The van der Waals surface area contributed by atoms with Crippen molar-refractivity contribution in [2.45, 2.75) is 18.4 Å². The van der Waals surface area contributed by atoms with Gasteiger partial charge in [0.1, 0.15) is 0 Å². The minimum atomic E-state index is -3.42. The molecule has 4 nitrogen and oxygen atoms in total. The number of hydrogen-bond donors (Lipinski definition) is 1. The summed E-state index contributed by atoms with van der Waals surface area (Å²) >= 11 is 0. The van der Waals surface area contributed by atoms with Gasteiger partial charge in [-0.1, -0.05) is 48.0 Å². The molecule has 0 radical (unpaired) electrons. The summed E-state index contributed by atoms with van der Waals surface area (Å²) in [6, 6.07) is 13.4. The van der Waals surface area contributed by atoms with Crippen LogP contribution in [-0.4, -0.2) is 19.5 Å². The zero-order valence-electron chi connectivity index (χ0n) is 11.6. The van der Waals surface area contributed by atoms with Crippen LogP contribution in [0.5, 0.6) is 0 Å². The first-order valence-corrected chi connectivity index (χ1v) is 8.27. The summed E-state index contributed by atoms with van der Waals surface area (Å²) in [5.74, 6) is -1.49. The molecule has 0 bridgehead atoms. The summed E-state index contributed by atoms with van der Waals surface area (Å²) in [4.78, 5) is 11.1. The first-order chi connectivity index (χ1) is 9.87. The fraction of sp³-hybridized carbons (Fsp3) is 0.188. The summed E-state index contributed by atoms with van der Waals surface area (Å²) in [5, 5.41) is 9.09. The molecule has 2 aromatic rings. The molecule has 0 amide bonds. The van der Waals surface area contributed by atoms with Crippen LogP contribution in [0.1, 0.15) is 27.0 Å². The highest BCUT2D eigenvalue weighted by molar-refractivity contribution is 7.89. The lowest BCUT2D eigenvalue weighted by Gasteiger charge is -2.08. The van der Waals surface area contributed by atoms with Gasteiger partial charge in [0.25, 0.3) is 0 Å². The minimum absolute atomic E-state index is 0.0324. The van der Waals surface area contributed by atoms with E-state index in [-0.39, 0.29) is 17.1 Å². The van der Waals surface area contributed by atoms with E-state index in [1.54, 1.807) is 24.3 Å². The van der Waals surface area contributed by atoms with Crippen molar-refractivity contribution >= 4 is 15.8 Å². The second kappa shape index (κ2) is 6.10. The Morgan fingerprint density at radius 2 is 1.62 bits per heavy atom. The van der Waals surface area contributed by atoms with Crippen molar-refractivity contribution in [3.05, 3.63) is 70.8 Å². The average Bonchev–Trinajstić information content (AvgIpc) is 2.41. The van der Waals surface area contributed by atoms with Gasteiger partial charge in [0.05, 0.1) is 17.1 Å². The van der Waals surface area contributed by atoms with Gasteiger partial charge < -0.3 is 5.11 Å². The van der Waals surface area contributed by atoms with Crippen molar-refractivity contribution in [2.24, 2.45) is 0 Å². The van der Waals surface area contributed by atoms with Gasteiger partial charge in [-0.3, -0.25) is 0 Å². The summed E-state index contributed by atoms with van der Waals surface area (Å²) in [5.41, 5.74) is 2.11. The molecule has 1 N–H and O–H groups in total. The molecule has 0 spiro atoms. The third kappa shape index (κ3) is 4.16. The predicted molar refractivity (Wildman–Crippen MR) is 80.9 cm³/mol. The Morgan fingerprint density at radius 1 is 1.00 bits per heavy atom. The largest absolute Gasteiger partial charge is 0.478 e. The Balaban J connectivity index is 2.22. The lowest BCUT2D eigenvalue weighted by molar-refractivity contribution is 0.0696. The van der Waals surface area contributed by atoms with Crippen molar-refractivity contribution in [1.82, 2.24) is 0 Å². The molecule has 2 rings (SSSR count). The highest BCUT2D eigenvalue weighted by Crippen LogP contribution is 2.16. The van der Waals surface area contributed by atoms with Crippen molar-refractivity contribution in [3.8, 4) is 0 Å². The number of sulfone groups is 1. The van der Waals surface area contributed by atoms with Crippen molar-refractivity contribution in [3.63, 3.8) is 0 Å². The van der Waals surface area contributed by atoms with E-state index in [9.17, 15) is 13.2 Å². The molecular formula is C16H16O4S. The maximum absolute atomic E-state index is 12.2. The maximum Gasteiger partial charge on any atom is 0.335 e. The summed E-state index contributed by atoms with van der Waals surface area (Å²) in [6.07, 6.45) is 0. The van der Waals surface area contributed by atoms with Crippen molar-refractivity contribution in [1.29, 1.82) is 0 Å². The van der Waals surface area contributed by atoms with E-state index >= 15 is 0 Å². The molecule has 0 aromatic heterocycles. The van der Waals surface area contributed by atoms with Crippen LogP contribution in [0.2, 0.25) is 0 Å². The quantitative estimate of drug-likeness (QED) is 0.922. The number of benzene rings is 2. The van der Waals surface area contributed by atoms with E-state index in [0.717, 1.165) is 5.56 Å². The Kier molecular flexibility index (Phi) is 4.43. The van der Waals surface area contributed by atoms with Crippen LogP contribution in [-0.2, 0) is 21.3 Å². The van der Waals surface area contributed by atoms with E-state index in [4.69, 9.17) is 5.11 Å². The summed E-state index contributed by atoms with van der Waals surface area (Å²) in [6.45, 7) is 1.93. The fourth-order valence-corrected chi connectivity index (χ4v) is 3.61. The SMILES string of the molecule is Cc1ccc(CS(=O)(=O)Cc2ccccc2C(=O)O)cc1. The van der Waals surface area contributed by atoms with E-state index < -0.39 is 15.8 Å². The van der Waals surface area contributed by atoms with Crippen molar-refractivity contribution in [2.75, 3.05) is 0 Å². The highest BCUT2D eigenvalue weighted by Gasteiger charge is 2.17. The average molecular weight is 304 g/mol. The van der Waals surface area contributed by atoms with Gasteiger partial charge in [-0.2, -0.15) is 0 Å². The molecule has 0 saturated carbocycles. The first-order valence-electron chi connectivity index (χ1n) is 6.44.